The molecule has 0 aliphatic heterocycles. The van der Waals surface area contributed by atoms with E-state index in [9.17, 15) is 0 Å². The number of rotatable bonds is 7. The summed E-state index contributed by atoms with van der Waals surface area (Å²) in [5.74, 6) is 1.70. The van der Waals surface area contributed by atoms with Crippen LogP contribution in [0.15, 0.2) is 0 Å². The van der Waals surface area contributed by atoms with Gasteiger partial charge in [0.2, 0.25) is 0 Å². The Balaban J connectivity index is 2.43. The van der Waals surface area contributed by atoms with Gasteiger partial charge in [-0.15, -0.1) is 0 Å². The van der Waals surface area contributed by atoms with Crippen molar-refractivity contribution in [2.75, 3.05) is 40.8 Å². The smallest absolute Gasteiger partial charge is 0.0243 e. The van der Waals surface area contributed by atoms with Crippen molar-refractivity contribution in [1.82, 2.24) is 9.80 Å². The number of hydrogen-bond donors (Lipinski definition) is 1. The van der Waals surface area contributed by atoms with Crippen molar-refractivity contribution in [2.24, 2.45) is 23.0 Å². The van der Waals surface area contributed by atoms with E-state index in [1.54, 1.807) is 0 Å². The largest absolute Gasteiger partial charge is 0.329 e. The summed E-state index contributed by atoms with van der Waals surface area (Å²) >= 11 is 0. The van der Waals surface area contributed by atoms with Crippen molar-refractivity contribution >= 4 is 0 Å². The Morgan fingerprint density at radius 3 is 2.00 bits per heavy atom. The fourth-order valence-electron chi connectivity index (χ4n) is 3.90. The number of nitrogens with two attached hydrogens (primary N) is 1. The molecule has 0 aromatic heterocycles. The Kier molecular flexibility index (Phi) is 7.66. The second kappa shape index (κ2) is 8.50. The fourth-order valence-corrected chi connectivity index (χ4v) is 3.90. The summed E-state index contributed by atoms with van der Waals surface area (Å²) in [5.41, 5.74) is 6.58. The maximum absolute atomic E-state index is 6.10. The summed E-state index contributed by atoms with van der Waals surface area (Å²) in [6.07, 6.45) is 6.73. The first kappa shape index (κ1) is 18.9. The summed E-state index contributed by atoms with van der Waals surface area (Å²) in [7, 11) is 6.56. The van der Waals surface area contributed by atoms with Crippen molar-refractivity contribution in [3.05, 3.63) is 0 Å². The van der Waals surface area contributed by atoms with Crippen molar-refractivity contribution in [2.45, 2.75) is 58.9 Å². The second-order valence-electron chi connectivity index (χ2n) is 8.42. The van der Waals surface area contributed by atoms with Gasteiger partial charge in [-0.2, -0.15) is 0 Å². The van der Waals surface area contributed by atoms with E-state index >= 15 is 0 Å². The number of likely N-dealkylation sites (N-methyl/N-ethyl adjacent to an activating group) is 1. The molecule has 3 heteroatoms. The summed E-state index contributed by atoms with van der Waals surface area (Å²) in [5, 5.41) is 0. The molecule has 0 aromatic rings. The van der Waals surface area contributed by atoms with Gasteiger partial charge < -0.3 is 15.5 Å². The highest BCUT2D eigenvalue weighted by atomic mass is 15.1. The van der Waals surface area contributed by atoms with Crippen LogP contribution in [0.25, 0.3) is 0 Å². The van der Waals surface area contributed by atoms with Gasteiger partial charge >= 0.3 is 0 Å². The van der Waals surface area contributed by atoms with E-state index in [0.717, 1.165) is 18.4 Å². The van der Waals surface area contributed by atoms with Crippen molar-refractivity contribution in [1.29, 1.82) is 0 Å². The summed E-state index contributed by atoms with van der Waals surface area (Å²) < 4.78 is 0. The first-order valence-corrected chi connectivity index (χ1v) is 8.80. The van der Waals surface area contributed by atoms with Gasteiger partial charge in [-0.25, -0.2) is 0 Å². The van der Waals surface area contributed by atoms with Crippen LogP contribution in [-0.4, -0.2) is 56.6 Å². The summed E-state index contributed by atoms with van der Waals surface area (Å²) in [6, 6.07) is 0.577. The SMILES string of the molecule is CN(C)CCCN(C)C(CN)C1CCC(C(C)(C)C)CC1. The molecule has 1 rings (SSSR count). The van der Waals surface area contributed by atoms with Crippen LogP contribution in [0.1, 0.15) is 52.9 Å². The number of nitrogens with zero attached hydrogens (tertiary/aromatic N) is 2. The standard InChI is InChI=1S/C18H39N3/c1-18(2,3)16-10-8-15(9-11-16)17(14-19)21(6)13-7-12-20(4)5/h15-17H,7-14,19H2,1-6H3. The Morgan fingerprint density at radius 1 is 1.00 bits per heavy atom. The molecule has 0 aromatic carbocycles. The van der Waals surface area contributed by atoms with Crippen molar-refractivity contribution in [3.63, 3.8) is 0 Å². The molecule has 126 valence electrons. The zero-order valence-corrected chi connectivity index (χ0v) is 15.4. The van der Waals surface area contributed by atoms with Crippen LogP contribution in [0.2, 0.25) is 0 Å². The van der Waals surface area contributed by atoms with E-state index in [1.807, 2.05) is 0 Å². The van der Waals surface area contributed by atoms with Crippen molar-refractivity contribution in [3.8, 4) is 0 Å². The minimum atomic E-state index is 0.473. The van der Waals surface area contributed by atoms with E-state index in [-0.39, 0.29) is 0 Å². The highest BCUT2D eigenvalue weighted by Gasteiger charge is 2.33. The maximum atomic E-state index is 6.10. The monoisotopic (exact) mass is 297 g/mol. The van der Waals surface area contributed by atoms with Gasteiger partial charge in [-0.1, -0.05) is 20.8 Å². The third kappa shape index (κ3) is 6.25. The van der Waals surface area contributed by atoms with E-state index in [1.165, 1.54) is 45.2 Å². The number of hydrogen-bond acceptors (Lipinski definition) is 3. The molecule has 0 bridgehead atoms. The lowest BCUT2D eigenvalue weighted by Crippen LogP contribution is -2.46. The predicted octanol–water partition coefficient (Wildman–Crippen LogP) is 3.05. The van der Waals surface area contributed by atoms with E-state index in [0.29, 0.717) is 11.5 Å². The molecule has 21 heavy (non-hydrogen) atoms. The molecule has 1 atom stereocenters. The average Bonchev–Trinajstić information content (AvgIpc) is 2.38. The molecule has 2 N–H and O–H groups in total. The van der Waals surface area contributed by atoms with Gasteiger partial charge in [0.15, 0.2) is 0 Å². The van der Waals surface area contributed by atoms with E-state index in [2.05, 4.69) is 51.7 Å². The average molecular weight is 298 g/mol. The van der Waals surface area contributed by atoms with Gasteiger partial charge in [-0.3, -0.25) is 0 Å². The normalized spacial score (nSPS) is 25.6. The first-order chi connectivity index (χ1) is 9.75. The fraction of sp³-hybridized carbons (Fsp3) is 1.00. The summed E-state index contributed by atoms with van der Waals surface area (Å²) in [6.45, 7) is 10.3. The van der Waals surface area contributed by atoms with Crippen LogP contribution in [0.3, 0.4) is 0 Å². The third-order valence-corrected chi connectivity index (χ3v) is 5.46. The molecule has 1 aliphatic carbocycles. The maximum Gasteiger partial charge on any atom is 0.0243 e. The minimum Gasteiger partial charge on any atom is -0.329 e. The molecule has 1 fully saturated rings. The highest BCUT2D eigenvalue weighted by Crippen LogP contribution is 2.41. The molecular weight excluding hydrogens is 258 g/mol. The lowest BCUT2D eigenvalue weighted by molar-refractivity contribution is 0.0934. The summed E-state index contributed by atoms with van der Waals surface area (Å²) in [4.78, 5) is 4.78. The van der Waals surface area contributed by atoms with Crippen LogP contribution in [0, 0.1) is 17.3 Å². The molecule has 0 amide bonds. The molecule has 0 radical (unpaired) electrons. The Bertz CT molecular complexity index is 275. The quantitative estimate of drug-likeness (QED) is 0.784. The molecule has 1 saturated carbocycles. The Labute approximate surface area is 133 Å². The molecule has 3 nitrogen and oxygen atoms in total. The lowest BCUT2D eigenvalue weighted by atomic mass is 9.68. The molecule has 0 spiro atoms. The second-order valence-corrected chi connectivity index (χ2v) is 8.42. The van der Waals surface area contributed by atoms with Gasteiger partial charge in [0.25, 0.3) is 0 Å². The van der Waals surface area contributed by atoms with Crippen LogP contribution in [-0.2, 0) is 0 Å². The highest BCUT2D eigenvalue weighted by molar-refractivity contribution is 4.86. The lowest BCUT2D eigenvalue weighted by Gasteiger charge is -2.41. The minimum absolute atomic E-state index is 0.473. The van der Waals surface area contributed by atoms with Crippen LogP contribution in [0.4, 0.5) is 0 Å². The predicted molar refractivity (Wildman–Crippen MR) is 93.5 cm³/mol. The van der Waals surface area contributed by atoms with E-state index < -0.39 is 0 Å². The van der Waals surface area contributed by atoms with Crippen LogP contribution >= 0.6 is 0 Å². The molecule has 1 aliphatic rings. The third-order valence-electron chi connectivity index (χ3n) is 5.46. The topological polar surface area (TPSA) is 32.5 Å². The zero-order valence-electron chi connectivity index (χ0n) is 15.4. The van der Waals surface area contributed by atoms with Gasteiger partial charge in [0, 0.05) is 12.6 Å². The Morgan fingerprint density at radius 2 is 1.57 bits per heavy atom. The Hall–Kier alpha value is -0.120. The van der Waals surface area contributed by atoms with Crippen LogP contribution < -0.4 is 5.73 Å². The first-order valence-electron chi connectivity index (χ1n) is 8.80. The van der Waals surface area contributed by atoms with Gasteiger partial charge in [0.05, 0.1) is 0 Å². The van der Waals surface area contributed by atoms with Gasteiger partial charge in [-0.05, 0) is 83.6 Å². The molecular formula is C18H39N3. The molecule has 1 unspecified atom stereocenters. The van der Waals surface area contributed by atoms with E-state index in [4.69, 9.17) is 5.73 Å². The van der Waals surface area contributed by atoms with Crippen molar-refractivity contribution < 1.29 is 0 Å². The molecule has 0 saturated heterocycles. The molecule has 0 heterocycles. The van der Waals surface area contributed by atoms with Gasteiger partial charge in [0.1, 0.15) is 0 Å². The van der Waals surface area contributed by atoms with Crippen LogP contribution in [0.5, 0.6) is 0 Å². The zero-order chi connectivity index (χ0) is 16.0.